The molecule has 150 valence electrons. The van der Waals surface area contributed by atoms with Crippen molar-refractivity contribution >= 4 is 16.9 Å². The molecule has 7 nitrogen and oxygen atoms in total. The predicted octanol–water partition coefficient (Wildman–Crippen LogP) is 2.06. The molecule has 2 aromatic carbocycles. The fourth-order valence-corrected chi connectivity index (χ4v) is 4.01. The number of aryl methyl sites for hydroxylation is 1. The number of carbonyl (C=O) groups is 1. The summed E-state index contributed by atoms with van der Waals surface area (Å²) >= 11 is 0. The largest absolute Gasteiger partial charge is 0.485 e. The lowest BCUT2D eigenvalue weighted by Crippen LogP contribution is -2.53. The van der Waals surface area contributed by atoms with Crippen molar-refractivity contribution < 1.29 is 14.3 Å². The summed E-state index contributed by atoms with van der Waals surface area (Å²) < 4.78 is 13.7. The van der Waals surface area contributed by atoms with E-state index in [2.05, 4.69) is 22.6 Å². The van der Waals surface area contributed by atoms with Crippen LogP contribution in [0.4, 0.5) is 0 Å². The average Bonchev–Trinajstić information content (AvgIpc) is 3.09. The molecule has 0 aliphatic carbocycles. The lowest BCUT2D eigenvalue weighted by atomic mass is 10.2. The van der Waals surface area contributed by atoms with Crippen molar-refractivity contribution in [1.29, 1.82) is 0 Å². The summed E-state index contributed by atoms with van der Waals surface area (Å²) in [4.78, 5) is 21.9. The lowest BCUT2D eigenvalue weighted by Gasteiger charge is -2.37. The van der Waals surface area contributed by atoms with Gasteiger partial charge in [0.05, 0.1) is 17.6 Å². The van der Waals surface area contributed by atoms with Gasteiger partial charge in [-0.1, -0.05) is 24.3 Å². The number of imidazole rings is 1. The molecule has 5 rings (SSSR count). The summed E-state index contributed by atoms with van der Waals surface area (Å²) in [5.74, 6) is 2.38. The first kappa shape index (κ1) is 18.0. The molecule has 3 heterocycles. The third-order valence-electron chi connectivity index (χ3n) is 5.71. The number of nitrogens with zero attached hydrogens (tertiary/aromatic N) is 4. The maximum absolute atomic E-state index is 12.9. The summed E-state index contributed by atoms with van der Waals surface area (Å²) in [7, 11) is 2.06. The van der Waals surface area contributed by atoms with Gasteiger partial charge in [-0.25, -0.2) is 4.98 Å². The second-order valence-electron chi connectivity index (χ2n) is 7.54. The normalized spacial score (nSPS) is 19.5. The van der Waals surface area contributed by atoms with Crippen LogP contribution in [0.3, 0.4) is 0 Å². The molecule has 0 radical (unpaired) electrons. The number of hydrogen-bond donors (Lipinski definition) is 0. The van der Waals surface area contributed by atoms with Gasteiger partial charge in [0.25, 0.3) is 5.91 Å². The minimum atomic E-state index is -0.573. The summed E-state index contributed by atoms with van der Waals surface area (Å²) in [6, 6.07) is 15.7. The Balaban J connectivity index is 1.19. The highest BCUT2D eigenvalue weighted by Gasteiger charge is 2.32. The molecule has 1 aromatic heterocycles. The van der Waals surface area contributed by atoms with Crippen molar-refractivity contribution in [2.45, 2.75) is 12.6 Å². The molecule has 1 atom stereocenters. The number of rotatable bonds is 3. The molecule has 2 aliphatic heterocycles. The molecule has 1 amide bonds. The molecule has 3 aromatic rings. The Morgan fingerprint density at radius 1 is 1.03 bits per heavy atom. The molecule has 0 bridgehead atoms. The van der Waals surface area contributed by atoms with Crippen LogP contribution in [0.25, 0.3) is 11.0 Å². The quantitative estimate of drug-likeness (QED) is 0.683. The van der Waals surface area contributed by atoms with Crippen LogP contribution >= 0.6 is 0 Å². The van der Waals surface area contributed by atoms with Crippen LogP contribution in [-0.4, -0.2) is 64.1 Å². The SMILES string of the molecule is Cn1c(CN2CCN(C(=O)C3COc4ccccc4O3)CC2)nc2ccccc21. The monoisotopic (exact) mass is 392 g/mol. The number of fused-ring (bicyclic) bond motifs is 2. The zero-order chi connectivity index (χ0) is 19.8. The molecule has 29 heavy (non-hydrogen) atoms. The smallest absolute Gasteiger partial charge is 0.267 e. The van der Waals surface area contributed by atoms with Crippen LogP contribution in [0.15, 0.2) is 48.5 Å². The fraction of sp³-hybridized carbons (Fsp3) is 0.364. The number of benzene rings is 2. The molecule has 2 aliphatic rings. The summed E-state index contributed by atoms with van der Waals surface area (Å²) in [5, 5.41) is 0. The summed E-state index contributed by atoms with van der Waals surface area (Å²) in [6.07, 6.45) is -0.573. The molecule has 7 heteroatoms. The summed E-state index contributed by atoms with van der Waals surface area (Å²) in [6.45, 7) is 4.05. The van der Waals surface area contributed by atoms with Gasteiger partial charge in [0.1, 0.15) is 12.4 Å². The first-order valence-corrected chi connectivity index (χ1v) is 9.99. The van der Waals surface area contributed by atoms with Gasteiger partial charge >= 0.3 is 0 Å². The van der Waals surface area contributed by atoms with Crippen molar-refractivity contribution in [2.24, 2.45) is 7.05 Å². The van der Waals surface area contributed by atoms with E-state index in [1.165, 1.54) is 0 Å². The number of aromatic nitrogens is 2. The maximum Gasteiger partial charge on any atom is 0.267 e. The minimum absolute atomic E-state index is 0.00174. The van der Waals surface area contributed by atoms with Gasteiger partial charge in [0, 0.05) is 33.2 Å². The van der Waals surface area contributed by atoms with E-state index in [1.54, 1.807) is 0 Å². The third-order valence-corrected chi connectivity index (χ3v) is 5.71. The molecular formula is C22H24N4O3. The van der Waals surface area contributed by atoms with E-state index in [0.29, 0.717) is 24.6 Å². The molecule has 1 fully saturated rings. The van der Waals surface area contributed by atoms with Crippen molar-refractivity contribution in [2.75, 3.05) is 32.8 Å². The number of ether oxygens (including phenoxy) is 2. The topological polar surface area (TPSA) is 59.8 Å². The average molecular weight is 392 g/mol. The lowest BCUT2D eigenvalue weighted by molar-refractivity contribution is -0.143. The van der Waals surface area contributed by atoms with E-state index >= 15 is 0 Å². The van der Waals surface area contributed by atoms with Gasteiger partial charge in [0.15, 0.2) is 11.5 Å². The highest BCUT2D eigenvalue weighted by molar-refractivity contribution is 5.82. The first-order chi connectivity index (χ1) is 14.2. The zero-order valence-corrected chi connectivity index (χ0v) is 16.5. The Morgan fingerprint density at radius 2 is 1.76 bits per heavy atom. The fourth-order valence-electron chi connectivity index (χ4n) is 4.01. The van der Waals surface area contributed by atoms with Gasteiger partial charge in [-0.15, -0.1) is 0 Å². The van der Waals surface area contributed by atoms with Crippen molar-refractivity contribution in [1.82, 2.24) is 19.4 Å². The highest BCUT2D eigenvalue weighted by atomic mass is 16.6. The van der Waals surface area contributed by atoms with Gasteiger partial charge in [-0.3, -0.25) is 9.69 Å². The zero-order valence-electron chi connectivity index (χ0n) is 16.5. The van der Waals surface area contributed by atoms with E-state index in [1.807, 2.05) is 47.4 Å². The first-order valence-electron chi connectivity index (χ1n) is 9.99. The number of amides is 1. The van der Waals surface area contributed by atoms with Crippen LogP contribution in [0.5, 0.6) is 11.5 Å². The van der Waals surface area contributed by atoms with Crippen LogP contribution < -0.4 is 9.47 Å². The Kier molecular flexibility index (Phi) is 4.60. The summed E-state index contributed by atoms with van der Waals surface area (Å²) in [5.41, 5.74) is 2.17. The van der Waals surface area contributed by atoms with E-state index in [4.69, 9.17) is 14.5 Å². The van der Waals surface area contributed by atoms with Gasteiger partial charge in [0.2, 0.25) is 6.10 Å². The number of piperazine rings is 1. The molecular weight excluding hydrogens is 368 g/mol. The highest BCUT2D eigenvalue weighted by Crippen LogP contribution is 2.31. The Morgan fingerprint density at radius 3 is 2.55 bits per heavy atom. The second-order valence-corrected chi connectivity index (χ2v) is 7.54. The Labute approximate surface area is 169 Å². The molecule has 0 saturated carbocycles. The van der Waals surface area contributed by atoms with Crippen molar-refractivity contribution in [3.63, 3.8) is 0 Å². The van der Waals surface area contributed by atoms with Crippen molar-refractivity contribution in [3.8, 4) is 11.5 Å². The van der Waals surface area contributed by atoms with Gasteiger partial charge in [-0.05, 0) is 24.3 Å². The van der Waals surface area contributed by atoms with E-state index in [9.17, 15) is 4.79 Å². The van der Waals surface area contributed by atoms with Gasteiger partial charge in [-0.2, -0.15) is 0 Å². The third kappa shape index (κ3) is 3.42. The number of hydrogen-bond acceptors (Lipinski definition) is 5. The van der Waals surface area contributed by atoms with Crippen LogP contribution in [0.2, 0.25) is 0 Å². The van der Waals surface area contributed by atoms with E-state index in [-0.39, 0.29) is 12.5 Å². The van der Waals surface area contributed by atoms with Crippen LogP contribution in [-0.2, 0) is 18.4 Å². The number of para-hydroxylation sites is 4. The van der Waals surface area contributed by atoms with E-state index in [0.717, 1.165) is 36.5 Å². The molecule has 0 spiro atoms. The standard InChI is InChI=1S/C22H24N4O3/c1-24-17-7-3-2-6-16(17)23-21(24)14-25-10-12-26(13-11-25)22(27)20-15-28-18-8-4-5-9-19(18)29-20/h2-9,20H,10-15H2,1H3. The molecule has 1 saturated heterocycles. The molecule has 1 unspecified atom stereocenters. The van der Waals surface area contributed by atoms with Crippen molar-refractivity contribution in [3.05, 3.63) is 54.4 Å². The minimum Gasteiger partial charge on any atom is -0.485 e. The Bertz CT molecular complexity index is 1040. The number of carbonyl (C=O) groups excluding carboxylic acids is 1. The predicted molar refractivity (Wildman–Crippen MR) is 109 cm³/mol. The Hall–Kier alpha value is -3.06. The van der Waals surface area contributed by atoms with Crippen LogP contribution in [0, 0.1) is 0 Å². The van der Waals surface area contributed by atoms with Gasteiger partial charge < -0.3 is 18.9 Å². The van der Waals surface area contributed by atoms with E-state index < -0.39 is 6.10 Å². The molecule has 0 N–H and O–H groups in total. The maximum atomic E-state index is 12.9. The second kappa shape index (κ2) is 7.40. The van der Waals surface area contributed by atoms with Crippen LogP contribution in [0.1, 0.15) is 5.82 Å².